The third-order valence-corrected chi connectivity index (χ3v) is 5.94. The molecule has 1 saturated heterocycles. The average Bonchev–Trinajstić information content (AvgIpc) is 3.37. The van der Waals surface area contributed by atoms with Crippen LogP contribution in [0.2, 0.25) is 0 Å². The summed E-state index contributed by atoms with van der Waals surface area (Å²) >= 11 is 0. The summed E-state index contributed by atoms with van der Waals surface area (Å²) in [4.78, 5) is 33.8. The van der Waals surface area contributed by atoms with Crippen LogP contribution in [0, 0.1) is 5.92 Å². The number of rotatable bonds is 7. The van der Waals surface area contributed by atoms with Crippen molar-refractivity contribution in [2.45, 2.75) is 13.0 Å². The van der Waals surface area contributed by atoms with E-state index in [4.69, 9.17) is 9.97 Å². The number of aromatic nitrogens is 5. The maximum Gasteiger partial charge on any atom is 0.327 e. The standard InChI is InChI=1S/C23H28N8O/c1-29(2)14-16-9-12-30(15-16)22-26-18-7-4-3-6-17(18)20(28-22)24-11-13-31-21-19(27-23(31)32)8-5-10-25-21/h3-8,10,16H,9,11-15H2,1-2H3,(H,27,32)(H,24,26,28). The highest BCUT2D eigenvalue weighted by atomic mass is 16.1. The number of fused-ring (bicyclic) bond motifs is 2. The molecule has 0 bridgehead atoms. The minimum absolute atomic E-state index is 0.155. The molecule has 0 saturated carbocycles. The summed E-state index contributed by atoms with van der Waals surface area (Å²) in [5.74, 6) is 2.18. The molecule has 32 heavy (non-hydrogen) atoms. The SMILES string of the molecule is CN(C)CC1CCN(c2nc(NCCn3c(=O)[nH]c4cccnc43)c3ccccc3n2)C1. The summed E-state index contributed by atoms with van der Waals surface area (Å²) in [6.45, 7) is 4.03. The molecule has 0 aliphatic carbocycles. The molecule has 4 aromatic rings. The number of nitrogens with zero attached hydrogens (tertiary/aromatic N) is 6. The number of hydrogen-bond acceptors (Lipinski definition) is 7. The first-order valence-corrected chi connectivity index (χ1v) is 11.0. The molecule has 0 radical (unpaired) electrons. The molecule has 1 aliphatic rings. The molecule has 1 aliphatic heterocycles. The lowest BCUT2D eigenvalue weighted by atomic mass is 10.1. The van der Waals surface area contributed by atoms with Gasteiger partial charge in [-0.25, -0.2) is 14.8 Å². The largest absolute Gasteiger partial charge is 0.368 e. The minimum atomic E-state index is -0.155. The van der Waals surface area contributed by atoms with Crippen LogP contribution in [0.1, 0.15) is 6.42 Å². The maximum atomic E-state index is 12.3. The average molecular weight is 433 g/mol. The molecular weight excluding hydrogens is 404 g/mol. The zero-order chi connectivity index (χ0) is 22.1. The highest BCUT2D eigenvalue weighted by Gasteiger charge is 2.25. The topological polar surface area (TPSA) is 95.0 Å². The summed E-state index contributed by atoms with van der Waals surface area (Å²) in [6.07, 6.45) is 2.84. The first-order valence-electron chi connectivity index (χ1n) is 11.0. The van der Waals surface area contributed by atoms with Gasteiger partial charge < -0.3 is 20.1 Å². The molecule has 3 aromatic heterocycles. The molecule has 1 aromatic carbocycles. The Balaban J connectivity index is 1.37. The Labute approximate surface area is 186 Å². The van der Waals surface area contributed by atoms with Crippen molar-refractivity contribution in [1.29, 1.82) is 0 Å². The predicted molar refractivity (Wildman–Crippen MR) is 127 cm³/mol. The van der Waals surface area contributed by atoms with E-state index in [0.29, 0.717) is 24.7 Å². The van der Waals surface area contributed by atoms with Gasteiger partial charge in [0, 0.05) is 44.3 Å². The van der Waals surface area contributed by atoms with Gasteiger partial charge in [0.15, 0.2) is 5.65 Å². The summed E-state index contributed by atoms with van der Waals surface area (Å²) < 4.78 is 1.65. The van der Waals surface area contributed by atoms with Crippen LogP contribution in [-0.4, -0.2) is 69.7 Å². The van der Waals surface area contributed by atoms with E-state index < -0.39 is 0 Å². The van der Waals surface area contributed by atoms with Crippen LogP contribution in [0.4, 0.5) is 11.8 Å². The molecule has 4 heterocycles. The number of benzene rings is 1. The van der Waals surface area contributed by atoms with Crippen molar-refractivity contribution in [1.82, 2.24) is 29.4 Å². The van der Waals surface area contributed by atoms with Crippen LogP contribution in [-0.2, 0) is 6.54 Å². The Morgan fingerprint density at radius 1 is 1.19 bits per heavy atom. The van der Waals surface area contributed by atoms with Gasteiger partial charge in [0.1, 0.15) is 5.82 Å². The lowest BCUT2D eigenvalue weighted by molar-refractivity contribution is 0.340. The molecule has 5 rings (SSSR count). The van der Waals surface area contributed by atoms with Crippen LogP contribution in [0.3, 0.4) is 0 Å². The van der Waals surface area contributed by atoms with E-state index in [2.05, 4.69) is 39.2 Å². The Kier molecular flexibility index (Phi) is 5.48. The van der Waals surface area contributed by atoms with Gasteiger partial charge in [-0.1, -0.05) is 12.1 Å². The van der Waals surface area contributed by atoms with Crippen molar-refractivity contribution in [3.8, 4) is 0 Å². The van der Waals surface area contributed by atoms with Gasteiger partial charge in [-0.05, 0) is 50.7 Å². The van der Waals surface area contributed by atoms with Crippen LogP contribution < -0.4 is 15.9 Å². The van der Waals surface area contributed by atoms with E-state index in [9.17, 15) is 4.79 Å². The first kappa shape index (κ1) is 20.4. The molecule has 9 heteroatoms. The van der Waals surface area contributed by atoms with Gasteiger partial charge in [-0.15, -0.1) is 0 Å². The quantitative estimate of drug-likeness (QED) is 0.462. The second kappa shape index (κ2) is 8.58. The molecule has 9 nitrogen and oxygen atoms in total. The monoisotopic (exact) mass is 432 g/mol. The number of nitrogens with one attached hydrogen (secondary N) is 2. The van der Waals surface area contributed by atoms with E-state index in [1.54, 1.807) is 10.8 Å². The molecule has 166 valence electrons. The van der Waals surface area contributed by atoms with E-state index in [1.165, 1.54) is 0 Å². The van der Waals surface area contributed by atoms with Gasteiger partial charge in [0.25, 0.3) is 0 Å². The lowest BCUT2D eigenvalue weighted by Gasteiger charge is -2.20. The minimum Gasteiger partial charge on any atom is -0.368 e. The zero-order valence-electron chi connectivity index (χ0n) is 18.5. The first-order chi connectivity index (χ1) is 15.6. The molecule has 0 amide bonds. The van der Waals surface area contributed by atoms with E-state index >= 15 is 0 Å². The molecule has 1 fully saturated rings. The van der Waals surface area contributed by atoms with Crippen LogP contribution >= 0.6 is 0 Å². The fraction of sp³-hybridized carbons (Fsp3) is 0.391. The fourth-order valence-electron chi connectivity index (χ4n) is 4.50. The third kappa shape index (κ3) is 4.03. The molecule has 0 spiro atoms. The Hall–Kier alpha value is -3.46. The molecule has 2 N–H and O–H groups in total. The number of imidazole rings is 1. The van der Waals surface area contributed by atoms with Gasteiger partial charge in [0.05, 0.1) is 11.0 Å². The maximum absolute atomic E-state index is 12.3. The van der Waals surface area contributed by atoms with Gasteiger partial charge in [0.2, 0.25) is 5.95 Å². The van der Waals surface area contributed by atoms with Crippen molar-refractivity contribution in [2.24, 2.45) is 5.92 Å². The van der Waals surface area contributed by atoms with Crippen LogP contribution in [0.15, 0.2) is 47.4 Å². The number of H-pyrrole nitrogens is 1. The summed E-state index contributed by atoms with van der Waals surface area (Å²) in [7, 11) is 4.23. The van der Waals surface area contributed by atoms with Crippen molar-refractivity contribution in [3.63, 3.8) is 0 Å². The zero-order valence-corrected chi connectivity index (χ0v) is 18.5. The summed E-state index contributed by atoms with van der Waals surface area (Å²) in [5, 5.41) is 4.41. The van der Waals surface area contributed by atoms with E-state index in [0.717, 1.165) is 54.2 Å². The van der Waals surface area contributed by atoms with Gasteiger partial charge in [-0.3, -0.25) is 4.57 Å². The van der Waals surface area contributed by atoms with Crippen molar-refractivity contribution in [3.05, 3.63) is 53.1 Å². The van der Waals surface area contributed by atoms with Crippen molar-refractivity contribution >= 4 is 33.8 Å². The summed E-state index contributed by atoms with van der Waals surface area (Å²) in [6, 6.07) is 11.7. The smallest absolute Gasteiger partial charge is 0.327 e. The fourth-order valence-corrected chi connectivity index (χ4v) is 4.50. The number of aromatic amines is 1. The normalized spacial score (nSPS) is 16.5. The molecule has 1 atom stereocenters. The highest BCUT2D eigenvalue weighted by Crippen LogP contribution is 2.27. The van der Waals surface area contributed by atoms with Gasteiger partial charge >= 0.3 is 5.69 Å². The molecule has 1 unspecified atom stereocenters. The van der Waals surface area contributed by atoms with Crippen LogP contribution in [0.5, 0.6) is 0 Å². The third-order valence-electron chi connectivity index (χ3n) is 5.94. The number of hydrogen-bond donors (Lipinski definition) is 2. The van der Waals surface area contributed by atoms with Crippen molar-refractivity contribution in [2.75, 3.05) is 50.5 Å². The van der Waals surface area contributed by atoms with Crippen molar-refractivity contribution < 1.29 is 0 Å². The van der Waals surface area contributed by atoms with E-state index in [-0.39, 0.29) is 5.69 Å². The van der Waals surface area contributed by atoms with Gasteiger partial charge in [-0.2, -0.15) is 4.98 Å². The van der Waals surface area contributed by atoms with E-state index in [1.807, 2.05) is 36.4 Å². The Morgan fingerprint density at radius 3 is 2.94 bits per heavy atom. The summed E-state index contributed by atoms with van der Waals surface area (Å²) in [5.41, 5.74) is 2.17. The van der Waals surface area contributed by atoms with Crippen LogP contribution in [0.25, 0.3) is 22.1 Å². The molecular formula is C23H28N8O. The Bertz CT molecular complexity index is 1290. The second-order valence-electron chi connectivity index (χ2n) is 8.64. The lowest BCUT2D eigenvalue weighted by Crippen LogP contribution is -2.27. The number of anilines is 2. The predicted octanol–water partition coefficient (Wildman–Crippen LogP) is 2.17. The highest BCUT2D eigenvalue weighted by molar-refractivity contribution is 5.90. The number of para-hydroxylation sites is 1. The Morgan fingerprint density at radius 2 is 2.06 bits per heavy atom. The second-order valence-corrected chi connectivity index (χ2v) is 8.64. The number of pyridine rings is 1.